The molecule has 0 spiro atoms. The highest BCUT2D eigenvalue weighted by Gasteiger charge is 2.34. The van der Waals surface area contributed by atoms with Crippen molar-refractivity contribution in [1.82, 2.24) is 0 Å². The second-order valence-electron chi connectivity index (χ2n) is 7.05. The summed E-state index contributed by atoms with van der Waals surface area (Å²) < 4.78 is 5.54. The minimum atomic E-state index is 0.213. The first kappa shape index (κ1) is 14.2. The van der Waals surface area contributed by atoms with Crippen LogP contribution in [0.4, 0.5) is 0 Å². The lowest BCUT2D eigenvalue weighted by Gasteiger charge is -2.39. The lowest BCUT2D eigenvalue weighted by Crippen LogP contribution is -2.31. The van der Waals surface area contributed by atoms with E-state index in [2.05, 4.69) is 57.1 Å². The molecule has 0 aromatic heterocycles. The third kappa shape index (κ3) is 3.31. The molecule has 0 aliphatic heterocycles. The highest BCUT2D eigenvalue weighted by Crippen LogP contribution is 2.42. The van der Waals surface area contributed by atoms with Crippen LogP contribution in [-0.2, 0) is 4.52 Å². The van der Waals surface area contributed by atoms with Crippen LogP contribution >= 0.6 is 9.47 Å². The summed E-state index contributed by atoms with van der Waals surface area (Å²) in [5.74, 6) is 0.679. The van der Waals surface area contributed by atoms with E-state index in [-0.39, 0.29) is 5.41 Å². The topological polar surface area (TPSA) is 9.23 Å². The summed E-state index contributed by atoms with van der Waals surface area (Å²) in [6.45, 7) is 13.8. The molecule has 0 heterocycles. The van der Waals surface area contributed by atoms with Gasteiger partial charge in [0.15, 0.2) is 0 Å². The van der Waals surface area contributed by atoms with Crippen LogP contribution in [0.1, 0.15) is 54.4 Å². The molecule has 1 nitrogen and oxygen atoms in total. The molecule has 0 fully saturated rings. The van der Waals surface area contributed by atoms with Crippen molar-refractivity contribution in [3.8, 4) is 0 Å². The van der Waals surface area contributed by atoms with Crippen molar-refractivity contribution in [3.63, 3.8) is 0 Å². The minimum absolute atomic E-state index is 0.213. The molecule has 94 valence electrons. The number of rotatable bonds is 1. The molecule has 0 radical (unpaired) electrons. The fourth-order valence-electron chi connectivity index (χ4n) is 2.45. The van der Waals surface area contributed by atoms with Crippen LogP contribution in [0.2, 0.25) is 0 Å². The molecular weight excluding hydrogens is 215 g/mol. The highest BCUT2D eigenvalue weighted by molar-refractivity contribution is 7.09. The molecule has 0 bridgehead atoms. The molecule has 0 saturated heterocycles. The van der Waals surface area contributed by atoms with Gasteiger partial charge in [0, 0.05) is 9.47 Å². The van der Waals surface area contributed by atoms with Crippen LogP contribution in [0, 0.1) is 16.7 Å². The van der Waals surface area contributed by atoms with Crippen molar-refractivity contribution in [2.45, 2.75) is 60.5 Å². The van der Waals surface area contributed by atoms with Gasteiger partial charge in [0.2, 0.25) is 0 Å². The van der Waals surface area contributed by atoms with Gasteiger partial charge >= 0.3 is 0 Å². The summed E-state index contributed by atoms with van der Waals surface area (Å²) >= 11 is 0. The fraction of sp³-hybridized carbons (Fsp3) is 0.857. The summed E-state index contributed by atoms with van der Waals surface area (Å²) in [6.07, 6.45) is 5.15. The Hall–Kier alpha value is 0.130. The Labute approximate surface area is 103 Å². The molecule has 0 saturated carbocycles. The number of allylic oxidation sites excluding steroid dienone is 1. The van der Waals surface area contributed by atoms with E-state index >= 15 is 0 Å². The molecule has 0 aromatic carbocycles. The maximum absolute atomic E-state index is 5.54. The second-order valence-corrected chi connectivity index (χ2v) is 7.32. The zero-order chi connectivity index (χ0) is 12.6. The van der Waals surface area contributed by atoms with Gasteiger partial charge in [-0.1, -0.05) is 47.6 Å². The van der Waals surface area contributed by atoms with E-state index in [1.165, 1.54) is 12.0 Å². The van der Waals surface area contributed by atoms with E-state index in [1.807, 2.05) is 0 Å². The van der Waals surface area contributed by atoms with Gasteiger partial charge in [0.05, 0.1) is 6.10 Å². The van der Waals surface area contributed by atoms with Crippen LogP contribution < -0.4 is 0 Å². The fourth-order valence-corrected chi connectivity index (χ4v) is 2.73. The standard InChI is InChI=1S/C14H27OP/c1-13(2,3)10-7-8-12(15-16)11(9-10)14(4,5)6/h9-10,12H,7-8,16H2,1-6H3. The smallest absolute Gasteiger partial charge is 0.0826 e. The van der Waals surface area contributed by atoms with E-state index in [9.17, 15) is 0 Å². The van der Waals surface area contributed by atoms with Crippen LogP contribution in [0.15, 0.2) is 11.6 Å². The largest absolute Gasteiger partial charge is 0.358 e. The summed E-state index contributed by atoms with van der Waals surface area (Å²) in [4.78, 5) is 0. The quantitative estimate of drug-likeness (QED) is 0.482. The van der Waals surface area contributed by atoms with Crippen molar-refractivity contribution >= 4 is 9.47 Å². The van der Waals surface area contributed by atoms with E-state index in [4.69, 9.17) is 4.52 Å². The molecule has 2 heteroatoms. The van der Waals surface area contributed by atoms with Crippen LogP contribution in [0.5, 0.6) is 0 Å². The van der Waals surface area contributed by atoms with Crippen molar-refractivity contribution in [3.05, 3.63) is 11.6 Å². The lowest BCUT2D eigenvalue weighted by molar-refractivity contribution is 0.173. The maximum Gasteiger partial charge on any atom is 0.0826 e. The molecule has 3 unspecified atom stereocenters. The van der Waals surface area contributed by atoms with Gasteiger partial charge in [-0.05, 0) is 35.2 Å². The Bertz CT molecular complexity index is 267. The predicted molar refractivity (Wildman–Crippen MR) is 74.3 cm³/mol. The van der Waals surface area contributed by atoms with Crippen LogP contribution in [0.3, 0.4) is 0 Å². The van der Waals surface area contributed by atoms with Crippen molar-refractivity contribution < 1.29 is 4.52 Å². The van der Waals surface area contributed by atoms with E-state index in [1.54, 1.807) is 0 Å². The first-order valence-electron chi connectivity index (χ1n) is 6.24. The number of hydrogen-bond acceptors (Lipinski definition) is 1. The van der Waals surface area contributed by atoms with Crippen LogP contribution in [-0.4, -0.2) is 6.10 Å². The van der Waals surface area contributed by atoms with Gasteiger partial charge < -0.3 is 4.52 Å². The molecule has 0 N–H and O–H groups in total. The molecule has 1 aliphatic carbocycles. The van der Waals surface area contributed by atoms with Crippen molar-refractivity contribution in [2.24, 2.45) is 16.7 Å². The summed E-state index contributed by atoms with van der Waals surface area (Å²) in [6, 6.07) is 0. The molecule has 1 aliphatic rings. The molecular formula is C14H27OP. The Kier molecular flexibility index (Phi) is 4.24. The molecule has 16 heavy (non-hydrogen) atoms. The normalized spacial score (nSPS) is 27.8. The highest BCUT2D eigenvalue weighted by atomic mass is 31.0. The van der Waals surface area contributed by atoms with E-state index in [0.717, 1.165) is 6.42 Å². The first-order valence-corrected chi connectivity index (χ1v) is 6.71. The third-order valence-electron chi connectivity index (χ3n) is 3.61. The predicted octanol–water partition coefficient (Wildman–Crippen LogP) is 4.59. The van der Waals surface area contributed by atoms with Gasteiger partial charge in [-0.15, -0.1) is 0 Å². The van der Waals surface area contributed by atoms with Gasteiger partial charge in [-0.2, -0.15) is 0 Å². The second kappa shape index (κ2) is 4.78. The van der Waals surface area contributed by atoms with Gasteiger partial charge in [0.25, 0.3) is 0 Å². The van der Waals surface area contributed by atoms with Crippen LogP contribution in [0.25, 0.3) is 0 Å². The molecule has 1 rings (SSSR count). The monoisotopic (exact) mass is 242 g/mol. The van der Waals surface area contributed by atoms with Crippen molar-refractivity contribution in [1.29, 1.82) is 0 Å². The average Bonchev–Trinajstić information content (AvgIpc) is 2.14. The van der Waals surface area contributed by atoms with Gasteiger partial charge in [-0.25, -0.2) is 0 Å². The molecule has 0 amide bonds. The summed E-state index contributed by atoms with van der Waals surface area (Å²) in [5, 5.41) is 0. The van der Waals surface area contributed by atoms with Gasteiger partial charge in [0.1, 0.15) is 0 Å². The Balaban J connectivity index is 3.00. The number of hydrogen-bond donors (Lipinski definition) is 0. The lowest BCUT2D eigenvalue weighted by atomic mass is 9.69. The first-order chi connectivity index (χ1) is 7.16. The summed E-state index contributed by atoms with van der Waals surface area (Å²) in [5.41, 5.74) is 2.04. The Morgan fingerprint density at radius 1 is 1.12 bits per heavy atom. The zero-order valence-corrected chi connectivity index (χ0v) is 12.8. The average molecular weight is 242 g/mol. The SMILES string of the molecule is CC(C)(C)C1=CC(C(C)(C)C)CCC1OP. The zero-order valence-electron chi connectivity index (χ0n) is 11.6. The Morgan fingerprint density at radius 2 is 1.69 bits per heavy atom. The molecule has 0 aromatic rings. The maximum atomic E-state index is 5.54. The van der Waals surface area contributed by atoms with Gasteiger partial charge in [-0.3, -0.25) is 0 Å². The van der Waals surface area contributed by atoms with E-state index < -0.39 is 0 Å². The van der Waals surface area contributed by atoms with Crippen molar-refractivity contribution in [2.75, 3.05) is 0 Å². The molecule has 3 atom stereocenters. The van der Waals surface area contributed by atoms with E-state index in [0.29, 0.717) is 17.4 Å². The Morgan fingerprint density at radius 3 is 2.06 bits per heavy atom. The summed E-state index contributed by atoms with van der Waals surface area (Å²) in [7, 11) is 2.43. The minimum Gasteiger partial charge on any atom is -0.358 e. The third-order valence-corrected chi connectivity index (χ3v) is 3.94.